The maximum atomic E-state index is 11.1. The van der Waals surface area contributed by atoms with Crippen LogP contribution in [0.3, 0.4) is 0 Å². The summed E-state index contributed by atoms with van der Waals surface area (Å²) in [5.74, 6) is -0.145. The molecule has 8 heteroatoms. The Morgan fingerprint density at radius 3 is 2.78 bits per heavy atom. The van der Waals surface area contributed by atoms with Gasteiger partial charge in [-0.25, -0.2) is 14.6 Å². The van der Waals surface area contributed by atoms with Gasteiger partial charge in [0.25, 0.3) is 0 Å². The molecular weight excluding hydrogens is 246 g/mol. The minimum Gasteiger partial charge on any atom is -0.449 e. The van der Waals surface area contributed by atoms with Crippen molar-refractivity contribution in [3.63, 3.8) is 0 Å². The molecule has 8 nitrogen and oxygen atoms in total. The Labute approximate surface area is 102 Å². The fraction of sp³-hybridized carbons (Fsp3) is 0.300. The SMILES string of the molecule is COCCOC(=O)Oc1cc(OC(=O)O)ccn1. The zero-order valence-corrected chi connectivity index (χ0v) is 9.49. The number of carbonyl (C=O) groups excluding carboxylic acids is 1. The van der Waals surface area contributed by atoms with Crippen molar-refractivity contribution in [3.05, 3.63) is 18.3 Å². The Morgan fingerprint density at radius 2 is 2.11 bits per heavy atom. The molecular formula is C10H11NO7. The molecule has 98 valence electrons. The van der Waals surface area contributed by atoms with Crippen molar-refractivity contribution in [2.24, 2.45) is 0 Å². The average molecular weight is 257 g/mol. The lowest BCUT2D eigenvalue weighted by Gasteiger charge is -2.05. The smallest absolute Gasteiger partial charge is 0.449 e. The summed E-state index contributed by atoms with van der Waals surface area (Å²) in [7, 11) is 1.46. The maximum absolute atomic E-state index is 11.1. The molecule has 0 saturated heterocycles. The number of methoxy groups -OCH3 is 1. The second kappa shape index (κ2) is 7.07. The van der Waals surface area contributed by atoms with Gasteiger partial charge in [-0.1, -0.05) is 0 Å². The minimum absolute atomic E-state index is 0.0165. The van der Waals surface area contributed by atoms with Gasteiger partial charge in [0.1, 0.15) is 12.4 Å². The molecule has 1 rings (SSSR count). The first-order chi connectivity index (χ1) is 8.61. The largest absolute Gasteiger partial charge is 0.515 e. The number of rotatable bonds is 5. The third kappa shape index (κ3) is 5.12. The molecule has 1 aromatic rings. The average Bonchev–Trinajstić information content (AvgIpc) is 2.28. The third-order valence-corrected chi connectivity index (χ3v) is 1.61. The number of aromatic nitrogens is 1. The summed E-state index contributed by atoms with van der Waals surface area (Å²) < 4.78 is 18.3. The van der Waals surface area contributed by atoms with E-state index in [0.717, 1.165) is 6.07 Å². The maximum Gasteiger partial charge on any atom is 0.515 e. The Bertz CT molecular complexity index is 420. The van der Waals surface area contributed by atoms with Crippen LogP contribution >= 0.6 is 0 Å². The molecule has 0 amide bonds. The highest BCUT2D eigenvalue weighted by molar-refractivity contribution is 5.64. The van der Waals surface area contributed by atoms with Crippen LogP contribution < -0.4 is 9.47 Å². The van der Waals surface area contributed by atoms with E-state index in [1.54, 1.807) is 0 Å². The van der Waals surface area contributed by atoms with Gasteiger partial charge in [0.2, 0.25) is 5.88 Å². The van der Waals surface area contributed by atoms with Crippen molar-refractivity contribution in [2.45, 2.75) is 0 Å². The second-order valence-electron chi connectivity index (χ2n) is 2.89. The van der Waals surface area contributed by atoms with E-state index in [2.05, 4.69) is 23.9 Å². The van der Waals surface area contributed by atoms with Crippen molar-refractivity contribution in [2.75, 3.05) is 20.3 Å². The molecule has 0 atom stereocenters. The van der Waals surface area contributed by atoms with Crippen LogP contribution in [-0.2, 0) is 9.47 Å². The summed E-state index contributed by atoms with van der Waals surface area (Å²) in [6.45, 7) is 0.283. The zero-order chi connectivity index (χ0) is 13.4. The lowest BCUT2D eigenvalue weighted by molar-refractivity contribution is 0.0675. The van der Waals surface area contributed by atoms with E-state index >= 15 is 0 Å². The highest BCUT2D eigenvalue weighted by Gasteiger charge is 2.09. The Kier molecular flexibility index (Phi) is 5.39. The van der Waals surface area contributed by atoms with Crippen LogP contribution in [0, 0.1) is 0 Å². The van der Waals surface area contributed by atoms with Gasteiger partial charge in [0.15, 0.2) is 0 Å². The Balaban J connectivity index is 2.51. The molecule has 0 unspecified atom stereocenters. The van der Waals surface area contributed by atoms with Crippen LogP contribution in [0.5, 0.6) is 11.6 Å². The van der Waals surface area contributed by atoms with E-state index in [0.29, 0.717) is 0 Å². The van der Waals surface area contributed by atoms with Crippen LogP contribution in [0.25, 0.3) is 0 Å². The summed E-state index contributed by atoms with van der Waals surface area (Å²) in [6, 6.07) is 2.45. The van der Waals surface area contributed by atoms with Crippen LogP contribution in [0.1, 0.15) is 0 Å². The fourth-order valence-electron chi connectivity index (χ4n) is 0.935. The zero-order valence-electron chi connectivity index (χ0n) is 9.49. The van der Waals surface area contributed by atoms with E-state index in [1.807, 2.05) is 0 Å². The van der Waals surface area contributed by atoms with E-state index < -0.39 is 12.3 Å². The number of ether oxygens (including phenoxy) is 4. The molecule has 0 aliphatic heterocycles. The van der Waals surface area contributed by atoms with E-state index in [4.69, 9.17) is 5.11 Å². The summed E-state index contributed by atoms with van der Waals surface area (Å²) >= 11 is 0. The molecule has 0 aromatic carbocycles. The Morgan fingerprint density at radius 1 is 1.33 bits per heavy atom. The summed E-state index contributed by atoms with van der Waals surface area (Å²) in [4.78, 5) is 25.1. The molecule has 18 heavy (non-hydrogen) atoms. The minimum atomic E-state index is -1.48. The topological polar surface area (TPSA) is 104 Å². The first-order valence-corrected chi connectivity index (χ1v) is 4.82. The predicted molar refractivity (Wildman–Crippen MR) is 56.7 cm³/mol. The van der Waals surface area contributed by atoms with Gasteiger partial charge in [-0.15, -0.1) is 0 Å². The summed E-state index contributed by atoms with van der Waals surface area (Å²) in [5, 5.41) is 8.39. The van der Waals surface area contributed by atoms with Crippen molar-refractivity contribution in [1.29, 1.82) is 0 Å². The molecule has 0 aliphatic carbocycles. The van der Waals surface area contributed by atoms with E-state index in [-0.39, 0.29) is 24.8 Å². The molecule has 0 radical (unpaired) electrons. The highest BCUT2D eigenvalue weighted by Crippen LogP contribution is 2.16. The molecule has 1 aromatic heterocycles. The molecule has 1 N–H and O–H groups in total. The molecule has 0 fully saturated rings. The number of pyridine rings is 1. The van der Waals surface area contributed by atoms with Gasteiger partial charge in [0, 0.05) is 19.4 Å². The van der Waals surface area contributed by atoms with Crippen molar-refractivity contribution < 1.29 is 33.6 Å². The number of hydrogen-bond acceptors (Lipinski definition) is 7. The number of nitrogens with zero attached hydrogens (tertiary/aromatic N) is 1. The van der Waals surface area contributed by atoms with Crippen LogP contribution in [0.15, 0.2) is 18.3 Å². The van der Waals surface area contributed by atoms with Gasteiger partial charge in [-0.2, -0.15) is 0 Å². The number of carboxylic acid groups (broad SMARTS) is 1. The van der Waals surface area contributed by atoms with E-state index in [1.165, 1.54) is 19.4 Å². The summed E-state index contributed by atoms with van der Waals surface area (Å²) in [5.41, 5.74) is 0. The molecule has 0 spiro atoms. The van der Waals surface area contributed by atoms with Gasteiger partial charge in [-0.05, 0) is 6.07 Å². The normalized spacial score (nSPS) is 9.61. The van der Waals surface area contributed by atoms with Gasteiger partial charge in [0.05, 0.1) is 6.61 Å². The number of hydrogen-bond donors (Lipinski definition) is 1. The predicted octanol–water partition coefficient (Wildman–Crippen LogP) is 1.30. The third-order valence-electron chi connectivity index (χ3n) is 1.61. The first-order valence-electron chi connectivity index (χ1n) is 4.82. The molecule has 0 saturated carbocycles. The quantitative estimate of drug-likeness (QED) is 0.621. The second-order valence-corrected chi connectivity index (χ2v) is 2.89. The van der Waals surface area contributed by atoms with Crippen LogP contribution in [-0.4, -0.2) is 42.7 Å². The number of carbonyl (C=O) groups is 2. The van der Waals surface area contributed by atoms with E-state index in [9.17, 15) is 9.59 Å². The first kappa shape index (κ1) is 13.7. The molecule has 0 aliphatic rings. The fourth-order valence-corrected chi connectivity index (χ4v) is 0.935. The van der Waals surface area contributed by atoms with Gasteiger partial charge in [-0.3, -0.25) is 0 Å². The standard InChI is InChI=1S/C10H11NO7/c1-15-4-5-16-10(14)18-8-6-7(2-3-11-8)17-9(12)13/h2-3,6H,4-5H2,1H3,(H,12,13). The van der Waals surface area contributed by atoms with Gasteiger partial charge >= 0.3 is 12.3 Å². The lowest BCUT2D eigenvalue weighted by atomic mass is 10.4. The Hall–Kier alpha value is -2.35. The van der Waals surface area contributed by atoms with Crippen molar-refractivity contribution >= 4 is 12.3 Å². The lowest BCUT2D eigenvalue weighted by Crippen LogP contribution is -2.14. The van der Waals surface area contributed by atoms with Crippen molar-refractivity contribution in [1.82, 2.24) is 4.98 Å². The van der Waals surface area contributed by atoms with Crippen LogP contribution in [0.2, 0.25) is 0 Å². The monoisotopic (exact) mass is 257 g/mol. The molecule has 0 bridgehead atoms. The summed E-state index contributed by atoms with van der Waals surface area (Å²) in [6.07, 6.45) is -1.21. The highest BCUT2D eigenvalue weighted by atomic mass is 16.7. The van der Waals surface area contributed by atoms with Gasteiger partial charge < -0.3 is 24.1 Å². The molecule has 1 heterocycles. The van der Waals surface area contributed by atoms with Crippen LogP contribution in [0.4, 0.5) is 9.59 Å². The van der Waals surface area contributed by atoms with Crippen molar-refractivity contribution in [3.8, 4) is 11.6 Å².